The van der Waals surface area contributed by atoms with E-state index >= 15 is 0 Å². The number of aliphatic carboxylic acids is 1. The zero-order valence-corrected chi connectivity index (χ0v) is 26.3. The first-order valence-electron chi connectivity index (χ1n) is 10.4. The summed E-state index contributed by atoms with van der Waals surface area (Å²) in [6, 6.07) is 20.4. The largest absolute Gasteiger partial charge is 1.00 e. The predicted octanol–water partition coefficient (Wildman–Crippen LogP) is 2.41. The van der Waals surface area contributed by atoms with Crippen molar-refractivity contribution in [2.45, 2.75) is 37.8 Å². The Kier molecular flexibility index (Phi) is 12.0. The fourth-order valence-electron chi connectivity index (χ4n) is 3.49. The number of rotatable bonds is 11. The van der Waals surface area contributed by atoms with E-state index in [0.29, 0.717) is 19.6 Å². The molecule has 0 aliphatic carbocycles. The maximum absolute atomic E-state index is 11.3. The minimum Gasteiger partial charge on any atom is -1.00 e. The van der Waals surface area contributed by atoms with E-state index in [1.54, 1.807) is 18.7 Å². The molecule has 5 nitrogen and oxygen atoms in total. The summed E-state index contributed by atoms with van der Waals surface area (Å²) in [5.74, 6) is -0.175. The van der Waals surface area contributed by atoms with E-state index in [4.69, 9.17) is 9.47 Å². The number of hydrogen-bond donors (Lipinski definition) is 1. The summed E-state index contributed by atoms with van der Waals surface area (Å²) in [5, 5.41) is 9.23. The summed E-state index contributed by atoms with van der Waals surface area (Å²) >= 11 is 1.74. The number of nitrogens with zero attached hydrogens (tertiary/aromatic N) is 1. The summed E-state index contributed by atoms with van der Waals surface area (Å²) < 4.78 is 13.5. The molecule has 0 aliphatic rings. The van der Waals surface area contributed by atoms with Crippen LogP contribution in [0.25, 0.3) is 11.3 Å². The molecular formula is C25H30CsNO4S. The van der Waals surface area contributed by atoms with E-state index < -0.39 is 12.1 Å². The third-order valence-corrected chi connectivity index (χ3v) is 5.90. The molecule has 1 unspecified atom stereocenters. The molecule has 0 aliphatic heterocycles. The monoisotopic (exact) mass is 573 g/mol. The van der Waals surface area contributed by atoms with Crippen molar-refractivity contribution in [1.29, 1.82) is 0 Å². The zero-order valence-electron chi connectivity index (χ0n) is 20.2. The zero-order chi connectivity index (χ0) is 22.2. The summed E-state index contributed by atoms with van der Waals surface area (Å²) in [4.78, 5) is 12.5. The molecule has 7 heteroatoms. The van der Waals surface area contributed by atoms with Gasteiger partial charge in [-0.25, -0.2) is 4.79 Å². The Labute approximate surface area is 254 Å². The summed E-state index contributed by atoms with van der Waals surface area (Å²) in [6.07, 6.45) is 1.59. The quantitative estimate of drug-likeness (QED) is 0.358. The van der Waals surface area contributed by atoms with E-state index in [1.807, 2.05) is 24.3 Å². The van der Waals surface area contributed by atoms with Crippen LogP contribution in [0, 0.1) is 6.92 Å². The van der Waals surface area contributed by atoms with Gasteiger partial charge in [0.2, 0.25) is 0 Å². The van der Waals surface area contributed by atoms with Gasteiger partial charge >= 0.3 is 74.9 Å². The normalized spacial score (nSPS) is 11.6. The van der Waals surface area contributed by atoms with Crippen LogP contribution >= 0.6 is 11.8 Å². The van der Waals surface area contributed by atoms with Gasteiger partial charge in [0.25, 0.3) is 0 Å². The van der Waals surface area contributed by atoms with Gasteiger partial charge in [0.15, 0.2) is 6.10 Å². The van der Waals surface area contributed by atoms with Crippen LogP contribution in [-0.2, 0) is 22.5 Å². The van der Waals surface area contributed by atoms with E-state index in [9.17, 15) is 9.90 Å². The Morgan fingerprint density at radius 1 is 1.09 bits per heavy atom. The maximum Gasteiger partial charge on any atom is 1.00 e. The van der Waals surface area contributed by atoms with Crippen LogP contribution < -0.4 is 73.6 Å². The van der Waals surface area contributed by atoms with Crippen molar-refractivity contribution in [1.82, 2.24) is 4.57 Å². The van der Waals surface area contributed by atoms with Crippen molar-refractivity contribution in [2.24, 2.45) is 0 Å². The van der Waals surface area contributed by atoms with E-state index in [1.165, 1.54) is 21.8 Å². The van der Waals surface area contributed by atoms with Crippen molar-refractivity contribution >= 4 is 17.7 Å². The van der Waals surface area contributed by atoms with Crippen molar-refractivity contribution < 1.29 is 89.7 Å². The summed E-state index contributed by atoms with van der Waals surface area (Å²) in [7, 11) is 0. The number of hydrogen-bond acceptors (Lipinski definition) is 4. The van der Waals surface area contributed by atoms with Crippen molar-refractivity contribution in [3.63, 3.8) is 0 Å². The molecule has 3 aromatic rings. The Hall–Kier alpha value is -0.648. The third-order valence-electron chi connectivity index (χ3n) is 5.16. The Morgan fingerprint density at radius 3 is 2.38 bits per heavy atom. The van der Waals surface area contributed by atoms with Crippen molar-refractivity contribution in [3.05, 3.63) is 71.9 Å². The Bertz CT molecular complexity index is 993. The van der Waals surface area contributed by atoms with Gasteiger partial charge in [0.1, 0.15) is 12.4 Å². The van der Waals surface area contributed by atoms with Crippen molar-refractivity contribution in [3.8, 4) is 17.0 Å². The molecule has 1 aromatic heterocycles. The first kappa shape index (κ1) is 27.6. The van der Waals surface area contributed by atoms with Gasteiger partial charge in [-0.3, -0.25) is 0 Å². The number of aryl methyl sites for hydroxylation is 1. The predicted molar refractivity (Wildman–Crippen MR) is 126 cm³/mol. The Morgan fingerprint density at radius 2 is 1.78 bits per heavy atom. The first-order valence-corrected chi connectivity index (χ1v) is 11.6. The SMILES string of the molecule is CCOC(Cc1ccc(OCCn2c(C)ccc2-c2ccc(SC)cc2)cc1)C(=O)O.[Cs+].[H-]. The average molecular weight is 573 g/mol. The average Bonchev–Trinajstić information content (AvgIpc) is 3.15. The number of ether oxygens (including phenoxy) is 2. The smallest absolute Gasteiger partial charge is 1.00 e. The topological polar surface area (TPSA) is 60.7 Å². The van der Waals surface area contributed by atoms with E-state index in [2.05, 4.69) is 54.1 Å². The van der Waals surface area contributed by atoms with Gasteiger partial charge in [-0.05, 0) is 67.6 Å². The van der Waals surface area contributed by atoms with Crippen LogP contribution in [0.3, 0.4) is 0 Å². The van der Waals surface area contributed by atoms with Crippen LogP contribution in [0.1, 0.15) is 19.6 Å². The third kappa shape index (κ3) is 7.70. The summed E-state index contributed by atoms with van der Waals surface area (Å²) in [6.45, 7) is 5.56. The molecule has 2 aromatic carbocycles. The van der Waals surface area contributed by atoms with Gasteiger partial charge in [0, 0.05) is 29.3 Å². The number of aromatic nitrogens is 1. The number of carboxylic acid groups (broad SMARTS) is 1. The molecule has 0 radical (unpaired) electrons. The fraction of sp³-hybridized carbons (Fsp3) is 0.320. The molecule has 1 atom stereocenters. The van der Waals surface area contributed by atoms with Crippen LogP contribution in [0.15, 0.2) is 65.6 Å². The van der Waals surface area contributed by atoms with Gasteiger partial charge in [0.05, 0.1) is 6.54 Å². The van der Waals surface area contributed by atoms with Gasteiger partial charge in [-0.15, -0.1) is 11.8 Å². The molecule has 3 rings (SSSR count). The van der Waals surface area contributed by atoms with Gasteiger partial charge in [-0.1, -0.05) is 24.3 Å². The molecule has 0 amide bonds. The molecule has 0 bridgehead atoms. The summed E-state index contributed by atoms with van der Waals surface area (Å²) in [5.41, 5.74) is 4.47. The number of carboxylic acids is 1. The van der Waals surface area contributed by atoms with Crippen molar-refractivity contribution in [2.75, 3.05) is 19.5 Å². The molecule has 0 saturated heterocycles. The van der Waals surface area contributed by atoms with Crippen LogP contribution in [0.2, 0.25) is 0 Å². The van der Waals surface area contributed by atoms with E-state index in [0.717, 1.165) is 17.9 Å². The second kappa shape index (κ2) is 13.9. The van der Waals surface area contributed by atoms with Gasteiger partial charge in [-0.2, -0.15) is 0 Å². The van der Waals surface area contributed by atoms with Crippen LogP contribution in [0.5, 0.6) is 5.75 Å². The van der Waals surface area contributed by atoms with Crippen LogP contribution in [-0.4, -0.2) is 41.2 Å². The van der Waals surface area contributed by atoms with Gasteiger partial charge < -0.3 is 20.6 Å². The molecule has 1 heterocycles. The number of thioether (sulfide) groups is 1. The molecule has 0 saturated carbocycles. The molecule has 1 N–H and O–H groups in total. The molecule has 0 spiro atoms. The number of benzene rings is 2. The van der Waals surface area contributed by atoms with E-state index in [-0.39, 0.29) is 70.3 Å². The molecular weight excluding hydrogens is 543 g/mol. The Balaban J connectivity index is 0.00000272. The molecule has 0 fully saturated rings. The second-order valence-corrected chi connectivity index (χ2v) is 8.10. The minimum atomic E-state index is -0.942. The van der Waals surface area contributed by atoms with Crippen LogP contribution in [0.4, 0.5) is 0 Å². The fourth-order valence-corrected chi connectivity index (χ4v) is 3.90. The number of carbonyl (C=O) groups is 1. The molecule has 32 heavy (non-hydrogen) atoms. The standard InChI is InChI=1S/C25H29NO4S.Cs.H/c1-4-29-24(25(27)28)17-19-6-10-21(11-7-19)30-16-15-26-18(2)5-14-23(26)20-8-12-22(31-3)13-9-20;;/h5-14,24H,4,15-17H2,1-3H3,(H,27,28);;/q;+1;-1. The second-order valence-electron chi connectivity index (χ2n) is 7.22. The molecule has 166 valence electrons. The maximum atomic E-state index is 11.3. The minimum absolute atomic E-state index is 0. The first-order chi connectivity index (χ1) is 15.0.